The molecule has 0 bridgehead atoms. The van der Waals surface area contributed by atoms with E-state index in [9.17, 15) is 0 Å². The highest BCUT2D eigenvalue weighted by Gasteiger charge is 1.96. The van der Waals surface area contributed by atoms with Crippen molar-refractivity contribution in [2.24, 2.45) is 0 Å². The average molecular weight is 201 g/mol. The largest absolute Gasteiger partial charge is 0.304 e. The zero-order chi connectivity index (χ0) is 11.2. The summed E-state index contributed by atoms with van der Waals surface area (Å²) in [6.45, 7) is 14.5. The summed E-state index contributed by atoms with van der Waals surface area (Å²) in [5.74, 6) is 0. The second-order valence-corrected chi connectivity index (χ2v) is 3.44. The number of rotatable bonds is 8. The van der Waals surface area contributed by atoms with Crippen LogP contribution in [-0.4, -0.2) is 24.5 Å². The molecule has 0 spiro atoms. The first-order valence-electron chi connectivity index (χ1n) is 6.57. The van der Waals surface area contributed by atoms with Crippen LogP contribution in [0.25, 0.3) is 0 Å². The van der Waals surface area contributed by atoms with Crippen LogP contribution in [0.4, 0.5) is 0 Å². The van der Waals surface area contributed by atoms with Crippen LogP contribution in [0.3, 0.4) is 0 Å². The van der Waals surface area contributed by atoms with E-state index in [2.05, 4.69) is 25.7 Å². The average Bonchev–Trinajstić information content (AvgIpc) is 2.26. The summed E-state index contributed by atoms with van der Waals surface area (Å²) in [4.78, 5) is 2.51. The lowest BCUT2D eigenvalue weighted by atomic mass is 10.1. The molecule has 0 heterocycles. The van der Waals surface area contributed by atoms with Gasteiger partial charge in [0.25, 0.3) is 0 Å². The molecule has 0 aliphatic carbocycles. The van der Waals surface area contributed by atoms with Crippen LogP contribution in [-0.2, 0) is 0 Å². The standard InChI is InChI=1S/C11H25N.C2H6/c1-4-7-8-9-10-11-12(5-2)6-3;1-2/h4-11H2,1-3H3;1-2H3. The Bertz CT molecular complexity index is 77.3. The fourth-order valence-electron chi connectivity index (χ4n) is 1.48. The summed E-state index contributed by atoms with van der Waals surface area (Å²) in [5.41, 5.74) is 0. The van der Waals surface area contributed by atoms with Crippen molar-refractivity contribution in [2.45, 2.75) is 66.7 Å². The van der Waals surface area contributed by atoms with Gasteiger partial charge in [0.05, 0.1) is 0 Å². The molecule has 88 valence electrons. The highest BCUT2D eigenvalue weighted by atomic mass is 15.1. The van der Waals surface area contributed by atoms with Gasteiger partial charge >= 0.3 is 0 Å². The van der Waals surface area contributed by atoms with E-state index >= 15 is 0 Å². The molecule has 0 saturated heterocycles. The SMILES string of the molecule is CC.CCCCCCCN(CC)CC. The molecule has 0 unspecified atom stereocenters. The van der Waals surface area contributed by atoms with Gasteiger partial charge in [-0.25, -0.2) is 0 Å². The van der Waals surface area contributed by atoms with Crippen LogP contribution in [0.5, 0.6) is 0 Å². The quantitative estimate of drug-likeness (QED) is 0.528. The van der Waals surface area contributed by atoms with E-state index < -0.39 is 0 Å². The van der Waals surface area contributed by atoms with E-state index in [1.54, 1.807) is 0 Å². The van der Waals surface area contributed by atoms with Crippen molar-refractivity contribution in [2.75, 3.05) is 19.6 Å². The molecule has 0 saturated carbocycles. The van der Waals surface area contributed by atoms with Crippen molar-refractivity contribution < 1.29 is 0 Å². The molecule has 1 heteroatoms. The van der Waals surface area contributed by atoms with E-state index in [-0.39, 0.29) is 0 Å². The molecule has 0 atom stereocenters. The van der Waals surface area contributed by atoms with E-state index in [1.807, 2.05) is 13.8 Å². The Morgan fingerprint density at radius 3 is 1.64 bits per heavy atom. The summed E-state index contributed by atoms with van der Waals surface area (Å²) in [6, 6.07) is 0. The highest BCUT2D eigenvalue weighted by Crippen LogP contribution is 2.03. The van der Waals surface area contributed by atoms with E-state index in [1.165, 1.54) is 51.7 Å². The Morgan fingerprint density at radius 2 is 1.21 bits per heavy atom. The van der Waals surface area contributed by atoms with Gasteiger partial charge in [-0.05, 0) is 26.1 Å². The third kappa shape index (κ3) is 12.0. The Kier molecular flexibility index (Phi) is 18.1. The minimum absolute atomic E-state index is 1.21. The maximum Gasteiger partial charge on any atom is -0.00190 e. The summed E-state index contributed by atoms with van der Waals surface area (Å²) >= 11 is 0. The number of hydrogen-bond donors (Lipinski definition) is 0. The minimum atomic E-state index is 1.21. The zero-order valence-electron chi connectivity index (χ0n) is 11.1. The molecular formula is C13H31N. The third-order valence-corrected chi connectivity index (χ3v) is 2.47. The summed E-state index contributed by atoms with van der Waals surface area (Å²) < 4.78 is 0. The van der Waals surface area contributed by atoms with Gasteiger partial charge in [-0.15, -0.1) is 0 Å². The molecule has 0 aromatic heterocycles. The minimum Gasteiger partial charge on any atom is -0.304 e. The Morgan fingerprint density at radius 1 is 0.714 bits per heavy atom. The molecule has 0 radical (unpaired) electrons. The van der Waals surface area contributed by atoms with Crippen LogP contribution < -0.4 is 0 Å². The van der Waals surface area contributed by atoms with Crippen LogP contribution >= 0.6 is 0 Å². The predicted molar refractivity (Wildman–Crippen MR) is 67.9 cm³/mol. The molecular weight excluding hydrogens is 170 g/mol. The van der Waals surface area contributed by atoms with Crippen LogP contribution in [0, 0.1) is 0 Å². The van der Waals surface area contributed by atoms with Gasteiger partial charge in [0.1, 0.15) is 0 Å². The fraction of sp³-hybridized carbons (Fsp3) is 1.00. The Balaban J connectivity index is 0. The van der Waals surface area contributed by atoms with E-state index in [0.29, 0.717) is 0 Å². The van der Waals surface area contributed by atoms with Crippen LogP contribution in [0.2, 0.25) is 0 Å². The zero-order valence-corrected chi connectivity index (χ0v) is 11.1. The van der Waals surface area contributed by atoms with Gasteiger partial charge in [0.2, 0.25) is 0 Å². The molecule has 0 aliphatic heterocycles. The molecule has 0 N–H and O–H groups in total. The van der Waals surface area contributed by atoms with Gasteiger partial charge in [-0.2, -0.15) is 0 Å². The fourth-order valence-corrected chi connectivity index (χ4v) is 1.48. The monoisotopic (exact) mass is 201 g/mol. The molecule has 0 fully saturated rings. The van der Waals surface area contributed by atoms with Crippen molar-refractivity contribution in [1.29, 1.82) is 0 Å². The summed E-state index contributed by atoms with van der Waals surface area (Å²) in [6.07, 6.45) is 7.01. The molecule has 0 rings (SSSR count). The summed E-state index contributed by atoms with van der Waals surface area (Å²) in [5, 5.41) is 0. The van der Waals surface area contributed by atoms with Crippen molar-refractivity contribution in [3.05, 3.63) is 0 Å². The maximum absolute atomic E-state index is 2.51. The Labute approximate surface area is 91.9 Å². The van der Waals surface area contributed by atoms with Crippen molar-refractivity contribution in [3.63, 3.8) is 0 Å². The second kappa shape index (κ2) is 15.4. The lowest BCUT2D eigenvalue weighted by molar-refractivity contribution is 0.295. The predicted octanol–water partition coefficient (Wildman–Crippen LogP) is 4.32. The molecule has 0 aromatic rings. The third-order valence-electron chi connectivity index (χ3n) is 2.47. The van der Waals surface area contributed by atoms with Crippen molar-refractivity contribution in [1.82, 2.24) is 4.90 Å². The second-order valence-electron chi connectivity index (χ2n) is 3.44. The smallest absolute Gasteiger partial charge is 0.00190 e. The first-order valence-corrected chi connectivity index (χ1v) is 6.57. The number of hydrogen-bond acceptors (Lipinski definition) is 1. The maximum atomic E-state index is 2.51. The van der Waals surface area contributed by atoms with E-state index in [4.69, 9.17) is 0 Å². The Hall–Kier alpha value is -0.0400. The van der Waals surface area contributed by atoms with Crippen LogP contribution in [0.1, 0.15) is 66.7 Å². The first kappa shape index (κ1) is 16.4. The molecule has 14 heavy (non-hydrogen) atoms. The number of nitrogens with zero attached hydrogens (tertiary/aromatic N) is 1. The lowest BCUT2D eigenvalue weighted by Crippen LogP contribution is -2.23. The molecule has 1 nitrogen and oxygen atoms in total. The normalized spacial score (nSPS) is 9.86. The van der Waals surface area contributed by atoms with Crippen molar-refractivity contribution >= 4 is 0 Å². The van der Waals surface area contributed by atoms with E-state index in [0.717, 1.165) is 0 Å². The van der Waals surface area contributed by atoms with Gasteiger partial charge in [-0.3, -0.25) is 0 Å². The van der Waals surface area contributed by atoms with Gasteiger partial charge in [0.15, 0.2) is 0 Å². The van der Waals surface area contributed by atoms with Crippen LogP contribution in [0.15, 0.2) is 0 Å². The van der Waals surface area contributed by atoms with Gasteiger partial charge in [0, 0.05) is 0 Å². The van der Waals surface area contributed by atoms with Gasteiger partial charge < -0.3 is 4.90 Å². The number of unbranched alkanes of at least 4 members (excludes halogenated alkanes) is 4. The molecule has 0 amide bonds. The highest BCUT2D eigenvalue weighted by molar-refractivity contribution is 4.52. The lowest BCUT2D eigenvalue weighted by Gasteiger charge is -2.17. The molecule has 0 aliphatic rings. The molecule has 0 aromatic carbocycles. The topological polar surface area (TPSA) is 3.24 Å². The van der Waals surface area contributed by atoms with Crippen molar-refractivity contribution in [3.8, 4) is 0 Å². The van der Waals surface area contributed by atoms with Gasteiger partial charge in [-0.1, -0.05) is 60.3 Å². The summed E-state index contributed by atoms with van der Waals surface area (Å²) in [7, 11) is 0. The first-order chi connectivity index (χ1) is 6.85.